The van der Waals surface area contributed by atoms with Crippen LogP contribution in [0.25, 0.3) is 0 Å². The minimum atomic E-state index is 0.572. The summed E-state index contributed by atoms with van der Waals surface area (Å²) in [4.78, 5) is 6.52. The second kappa shape index (κ2) is 5.75. The molecule has 1 N–H and O–H groups in total. The molecule has 0 aliphatic rings. The predicted molar refractivity (Wildman–Crippen MR) is 59.6 cm³/mol. The Hall–Kier alpha value is 0.1000. The van der Waals surface area contributed by atoms with Crippen LogP contribution in [-0.2, 0) is 11.4 Å². The highest BCUT2D eigenvalue weighted by molar-refractivity contribution is 9.11. The van der Waals surface area contributed by atoms with Gasteiger partial charge < -0.3 is 4.84 Å². The van der Waals surface area contributed by atoms with E-state index in [1.165, 1.54) is 4.88 Å². The molecule has 0 saturated heterocycles. The second-order valence-corrected chi connectivity index (χ2v) is 5.78. The fraction of sp³-hybridized carbons (Fsp3) is 0.556. The van der Waals surface area contributed by atoms with E-state index in [9.17, 15) is 0 Å². The molecule has 1 aromatic rings. The van der Waals surface area contributed by atoms with E-state index in [0.29, 0.717) is 5.92 Å². The Morgan fingerprint density at radius 1 is 1.54 bits per heavy atom. The number of halogens is 1. The first-order chi connectivity index (χ1) is 6.18. The minimum absolute atomic E-state index is 0.572. The van der Waals surface area contributed by atoms with Gasteiger partial charge in [0.05, 0.1) is 16.9 Å². The predicted octanol–water partition coefficient (Wildman–Crippen LogP) is 3.19. The van der Waals surface area contributed by atoms with Gasteiger partial charge in [0.1, 0.15) is 0 Å². The Morgan fingerprint density at radius 2 is 2.31 bits per heavy atom. The van der Waals surface area contributed by atoms with E-state index in [-0.39, 0.29) is 0 Å². The van der Waals surface area contributed by atoms with Gasteiger partial charge in [0.25, 0.3) is 0 Å². The molecule has 1 aromatic heterocycles. The van der Waals surface area contributed by atoms with Crippen molar-refractivity contribution in [3.05, 3.63) is 20.8 Å². The quantitative estimate of drug-likeness (QED) is 0.651. The summed E-state index contributed by atoms with van der Waals surface area (Å²) in [5.41, 5.74) is 2.94. The summed E-state index contributed by atoms with van der Waals surface area (Å²) in [5.74, 6) is 0.572. The molecular formula is C9H14BrNOS. The van der Waals surface area contributed by atoms with E-state index in [0.717, 1.165) is 16.9 Å². The largest absolute Gasteiger partial charge is 0.301 e. The van der Waals surface area contributed by atoms with Crippen LogP contribution < -0.4 is 5.48 Å². The van der Waals surface area contributed by atoms with Gasteiger partial charge >= 0.3 is 0 Å². The fourth-order valence-electron chi connectivity index (χ4n) is 0.795. The van der Waals surface area contributed by atoms with Gasteiger partial charge in [-0.3, -0.25) is 0 Å². The zero-order valence-electron chi connectivity index (χ0n) is 7.84. The normalized spacial score (nSPS) is 11.1. The Bertz CT molecular complexity index is 250. The molecule has 4 heteroatoms. The second-order valence-electron chi connectivity index (χ2n) is 3.23. The highest BCUT2D eigenvalue weighted by atomic mass is 79.9. The van der Waals surface area contributed by atoms with Crippen LogP contribution in [0.1, 0.15) is 18.7 Å². The molecule has 1 heterocycles. The zero-order valence-corrected chi connectivity index (χ0v) is 10.2. The Kier molecular flexibility index (Phi) is 4.94. The number of hydrogen-bond acceptors (Lipinski definition) is 3. The van der Waals surface area contributed by atoms with E-state index in [1.54, 1.807) is 11.3 Å². The van der Waals surface area contributed by atoms with Crippen molar-refractivity contribution in [2.75, 3.05) is 6.61 Å². The summed E-state index contributed by atoms with van der Waals surface area (Å²) >= 11 is 5.13. The summed E-state index contributed by atoms with van der Waals surface area (Å²) in [5, 5.41) is 0. The first-order valence-electron chi connectivity index (χ1n) is 4.27. The smallest absolute Gasteiger partial charge is 0.0705 e. The first-order valence-corrected chi connectivity index (χ1v) is 5.88. The van der Waals surface area contributed by atoms with Crippen molar-refractivity contribution in [3.63, 3.8) is 0 Å². The number of thiophene rings is 1. The molecule has 0 saturated carbocycles. The molecule has 0 unspecified atom stereocenters. The molecule has 13 heavy (non-hydrogen) atoms. The maximum atomic E-state index is 5.25. The molecule has 0 aromatic carbocycles. The molecule has 74 valence electrons. The van der Waals surface area contributed by atoms with E-state index >= 15 is 0 Å². The van der Waals surface area contributed by atoms with Gasteiger partial charge in [-0.25, -0.2) is 0 Å². The van der Waals surface area contributed by atoms with Crippen molar-refractivity contribution in [2.24, 2.45) is 5.92 Å². The summed E-state index contributed by atoms with van der Waals surface area (Å²) in [6.45, 7) is 5.79. The summed E-state index contributed by atoms with van der Waals surface area (Å²) in [7, 11) is 0. The molecule has 0 bridgehead atoms. The van der Waals surface area contributed by atoms with Crippen LogP contribution in [0, 0.1) is 5.92 Å². The van der Waals surface area contributed by atoms with Crippen molar-refractivity contribution >= 4 is 27.3 Å². The molecule has 0 atom stereocenters. The van der Waals surface area contributed by atoms with Crippen molar-refractivity contribution in [2.45, 2.75) is 20.4 Å². The fourth-order valence-corrected chi connectivity index (χ4v) is 2.20. The maximum absolute atomic E-state index is 5.25. The Morgan fingerprint density at radius 3 is 2.85 bits per heavy atom. The van der Waals surface area contributed by atoms with Crippen LogP contribution >= 0.6 is 27.3 Å². The Balaban J connectivity index is 2.13. The number of rotatable bonds is 5. The molecule has 0 aliphatic heterocycles. The average molecular weight is 264 g/mol. The molecule has 0 aliphatic carbocycles. The molecule has 0 amide bonds. The van der Waals surface area contributed by atoms with Gasteiger partial charge in [-0.2, -0.15) is 5.48 Å². The maximum Gasteiger partial charge on any atom is 0.0705 e. The van der Waals surface area contributed by atoms with Crippen molar-refractivity contribution in [1.29, 1.82) is 0 Å². The van der Waals surface area contributed by atoms with E-state index in [2.05, 4.69) is 41.3 Å². The summed E-state index contributed by atoms with van der Waals surface area (Å²) in [6, 6.07) is 4.13. The third-order valence-corrected chi connectivity index (χ3v) is 3.02. The SMILES string of the molecule is CC(C)CONCc1ccc(Br)s1. The van der Waals surface area contributed by atoms with Crippen LogP contribution in [0.4, 0.5) is 0 Å². The monoisotopic (exact) mass is 263 g/mol. The lowest BCUT2D eigenvalue weighted by atomic mass is 10.2. The number of hydrogen-bond donors (Lipinski definition) is 1. The molecule has 2 nitrogen and oxygen atoms in total. The lowest BCUT2D eigenvalue weighted by Crippen LogP contribution is -2.16. The van der Waals surface area contributed by atoms with Crippen LogP contribution in [0.15, 0.2) is 15.9 Å². The summed E-state index contributed by atoms with van der Waals surface area (Å²) in [6.07, 6.45) is 0. The van der Waals surface area contributed by atoms with Crippen molar-refractivity contribution in [1.82, 2.24) is 5.48 Å². The van der Waals surface area contributed by atoms with Crippen molar-refractivity contribution < 1.29 is 4.84 Å². The van der Waals surface area contributed by atoms with Crippen LogP contribution in [0.2, 0.25) is 0 Å². The Labute approximate surface area is 91.4 Å². The highest BCUT2D eigenvalue weighted by Crippen LogP contribution is 2.21. The van der Waals surface area contributed by atoms with Crippen LogP contribution in [0.5, 0.6) is 0 Å². The number of hydroxylamine groups is 1. The molecule has 0 radical (unpaired) electrons. The lowest BCUT2D eigenvalue weighted by molar-refractivity contribution is 0.0201. The molecule has 1 rings (SSSR count). The lowest BCUT2D eigenvalue weighted by Gasteiger charge is -2.06. The third-order valence-electron chi connectivity index (χ3n) is 1.39. The topological polar surface area (TPSA) is 21.3 Å². The minimum Gasteiger partial charge on any atom is -0.301 e. The van der Waals surface area contributed by atoms with Gasteiger partial charge in [0, 0.05) is 4.88 Å². The van der Waals surface area contributed by atoms with Gasteiger partial charge in [0.2, 0.25) is 0 Å². The molecule has 0 fully saturated rings. The zero-order chi connectivity index (χ0) is 9.68. The van der Waals surface area contributed by atoms with Gasteiger partial charge in [0.15, 0.2) is 0 Å². The van der Waals surface area contributed by atoms with Crippen LogP contribution in [0.3, 0.4) is 0 Å². The van der Waals surface area contributed by atoms with Crippen LogP contribution in [-0.4, -0.2) is 6.61 Å². The summed E-state index contributed by atoms with van der Waals surface area (Å²) < 4.78 is 1.16. The van der Waals surface area contributed by atoms with Gasteiger partial charge in [-0.15, -0.1) is 11.3 Å². The van der Waals surface area contributed by atoms with E-state index in [1.807, 2.05) is 6.07 Å². The van der Waals surface area contributed by atoms with E-state index in [4.69, 9.17) is 4.84 Å². The third kappa shape index (κ3) is 4.76. The standard InChI is InChI=1S/C9H14BrNOS/c1-7(2)6-12-11-5-8-3-4-9(10)13-8/h3-4,7,11H,5-6H2,1-2H3. The van der Waals surface area contributed by atoms with Crippen molar-refractivity contribution in [3.8, 4) is 0 Å². The average Bonchev–Trinajstić information content (AvgIpc) is 2.45. The van der Waals surface area contributed by atoms with E-state index < -0.39 is 0 Å². The molecular weight excluding hydrogens is 250 g/mol. The van der Waals surface area contributed by atoms with Gasteiger partial charge in [-0.1, -0.05) is 13.8 Å². The number of nitrogens with one attached hydrogen (secondary N) is 1. The highest BCUT2D eigenvalue weighted by Gasteiger charge is 1.97. The van der Waals surface area contributed by atoms with Gasteiger partial charge in [-0.05, 0) is 34.0 Å². The molecule has 0 spiro atoms. The first kappa shape index (κ1) is 11.2.